The quantitative estimate of drug-likeness (QED) is 0.844. The van der Waals surface area contributed by atoms with Crippen LogP contribution in [-0.2, 0) is 4.79 Å². The number of carbonyl (C=O) groups excluding carboxylic acids is 2. The first-order chi connectivity index (χ1) is 10.1. The van der Waals surface area contributed by atoms with Crippen LogP contribution in [0.15, 0.2) is 60.3 Å². The maximum Gasteiger partial charge on any atom is 0.265 e. The fourth-order valence-electron chi connectivity index (χ4n) is 1.68. The Morgan fingerprint density at radius 2 is 1.62 bits per heavy atom. The summed E-state index contributed by atoms with van der Waals surface area (Å²) >= 11 is 0. The zero-order valence-corrected chi connectivity index (χ0v) is 11.0. The molecule has 2 aromatic carbocycles. The minimum absolute atomic E-state index is 0.0598. The molecule has 0 unspecified atom stereocenters. The van der Waals surface area contributed by atoms with E-state index in [0.717, 1.165) is 0 Å². The second-order valence-corrected chi connectivity index (χ2v) is 4.29. The highest BCUT2D eigenvalue weighted by molar-refractivity contribution is 6.04. The van der Waals surface area contributed by atoms with Gasteiger partial charge in [0.25, 0.3) is 11.8 Å². The topological polar surface area (TPSA) is 72.2 Å². The van der Waals surface area contributed by atoms with E-state index in [1.807, 2.05) is 0 Å². The molecule has 0 fully saturated rings. The summed E-state index contributed by atoms with van der Waals surface area (Å²) in [4.78, 5) is 23.4. The molecule has 0 heterocycles. The predicted octanol–water partition coefficient (Wildman–Crippen LogP) is 2.08. The molecular formula is C16H13FN2O2. The number of rotatable bonds is 4. The summed E-state index contributed by atoms with van der Waals surface area (Å²) in [7, 11) is 0. The lowest BCUT2D eigenvalue weighted by atomic mass is 10.1. The van der Waals surface area contributed by atoms with Gasteiger partial charge in [-0.05, 0) is 35.9 Å². The summed E-state index contributed by atoms with van der Waals surface area (Å²) in [6.45, 7) is 0. The van der Waals surface area contributed by atoms with Crippen LogP contribution >= 0.6 is 0 Å². The lowest BCUT2D eigenvalue weighted by molar-refractivity contribution is -0.114. The second kappa shape index (κ2) is 6.47. The van der Waals surface area contributed by atoms with Crippen molar-refractivity contribution in [3.05, 3.63) is 77.2 Å². The molecule has 2 amide bonds. The fourth-order valence-corrected chi connectivity index (χ4v) is 1.68. The highest BCUT2D eigenvalue weighted by Crippen LogP contribution is 2.08. The molecule has 0 saturated heterocycles. The number of carbonyl (C=O) groups is 2. The Balaban J connectivity index is 2.22. The van der Waals surface area contributed by atoms with Crippen LogP contribution in [0.1, 0.15) is 15.9 Å². The standard InChI is InChI=1S/C16H13FN2O2/c17-13-8-6-11(7-9-13)10-14(15(18)20)19-16(21)12-4-2-1-3-5-12/h1-10H,(H2,18,20)(H,19,21)/b14-10-. The first-order valence-electron chi connectivity index (χ1n) is 6.20. The van der Waals surface area contributed by atoms with Gasteiger partial charge in [-0.2, -0.15) is 0 Å². The third kappa shape index (κ3) is 4.01. The monoisotopic (exact) mass is 284 g/mol. The molecule has 2 rings (SSSR count). The average molecular weight is 284 g/mol. The molecule has 0 spiro atoms. The van der Waals surface area contributed by atoms with Gasteiger partial charge in [0, 0.05) is 5.56 Å². The van der Waals surface area contributed by atoms with E-state index >= 15 is 0 Å². The molecule has 5 heteroatoms. The average Bonchev–Trinajstić information content (AvgIpc) is 2.49. The number of nitrogens with two attached hydrogens (primary N) is 1. The molecule has 2 aromatic rings. The first-order valence-corrected chi connectivity index (χ1v) is 6.20. The van der Waals surface area contributed by atoms with Crippen molar-refractivity contribution in [2.75, 3.05) is 0 Å². The van der Waals surface area contributed by atoms with E-state index in [0.29, 0.717) is 11.1 Å². The Morgan fingerprint density at radius 1 is 1.00 bits per heavy atom. The summed E-state index contributed by atoms with van der Waals surface area (Å²) in [6, 6.07) is 13.9. The Hall–Kier alpha value is -2.95. The number of amides is 2. The van der Waals surface area contributed by atoms with Crippen molar-refractivity contribution in [1.82, 2.24) is 5.32 Å². The molecule has 0 aliphatic rings. The molecule has 3 N–H and O–H groups in total. The first kappa shape index (κ1) is 14.5. The summed E-state index contributed by atoms with van der Waals surface area (Å²) in [5, 5.41) is 2.45. The van der Waals surface area contributed by atoms with E-state index in [1.54, 1.807) is 30.3 Å². The van der Waals surface area contributed by atoms with Crippen LogP contribution in [0.2, 0.25) is 0 Å². The van der Waals surface area contributed by atoms with E-state index in [2.05, 4.69) is 5.32 Å². The maximum absolute atomic E-state index is 12.8. The fraction of sp³-hybridized carbons (Fsp3) is 0. The second-order valence-electron chi connectivity index (χ2n) is 4.29. The number of hydrogen-bond donors (Lipinski definition) is 2. The minimum Gasteiger partial charge on any atom is -0.364 e. The van der Waals surface area contributed by atoms with E-state index in [1.165, 1.54) is 30.3 Å². The van der Waals surface area contributed by atoms with E-state index in [9.17, 15) is 14.0 Å². The van der Waals surface area contributed by atoms with Crippen molar-refractivity contribution in [3.8, 4) is 0 Å². The SMILES string of the molecule is NC(=O)/C(=C/c1ccc(F)cc1)NC(=O)c1ccccc1. The van der Waals surface area contributed by atoms with Gasteiger partial charge in [0.2, 0.25) is 0 Å². The summed E-state index contributed by atoms with van der Waals surface area (Å²) in [5.74, 6) is -1.60. The summed E-state index contributed by atoms with van der Waals surface area (Å²) < 4.78 is 12.8. The molecule has 21 heavy (non-hydrogen) atoms. The van der Waals surface area contributed by atoms with Gasteiger partial charge in [0.15, 0.2) is 0 Å². The van der Waals surface area contributed by atoms with Gasteiger partial charge in [-0.25, -0.2) is 4.39 Å². The summed E-state index contributed by atoms with van der Waals surface area (Å²) in [5.41, 5.74) is 6.15. The molecular weight excluding hydrogens is 271 g/mol. The molecule has 0 aromatic heterocycles. The van der Waals surface area contributed by atoms with Crippen LogP contribution in [-0.4, -0.2) is 11.8 Å². The zero-order valence-electron chi connectivity index (χ0n) is 11.0. The molecule has 0 saturated carbocycles. The van der Waals surface area contributed by atoms with Gasteiger partial charge in [0.1, 0.15) is 11.5 Å². The number of halogens is 1. The lowest BCUT2D eigenvalue weighted by Crippen LogP contribution is -2.31. The maximum atomic E-state index is 12.8. The van der Waals surface area contributed by atoms with Crippen LogP contribution in [0.25, 0.3) is 6.08 Å². The zero-order chi connectivity index (χ0) is 15.2. The molecule has 0 bridgehead atoms. The van der Waals surface area contributed by atoms with Gasteiger partial charge < -0.3 is 11.1 Å². The number of benzene rings is 2. The highest BCUT2D eigenvalue weighted by Gasteiger charge is 2.11. The van der Waals surface area contributed by atoms with Gasteiger partial charge in [-0.3, -0.25) is 9.59 Å². The van der Waals surface area contributed by atoms with Crippen molar-refractivity contribution in [2.24, 2.45) is 5.73 Å². The Morgan fingerprint density at radius 3 is 2.19 bits per heavy atom. The Bertz CT molecular complexity index is 679. The third-order valence-electron chi connectivity index (χ3n) is 2.73. The van der Waals surface area contributed by atoms with Crippen LogP contribution in [0.4, 0.5) is 4.39 Å². The van der Waals surface area contributed by atoms with Crippen molar-refractivity contribution >= 4 is 17.9 Å². The van der Waals surface area contributed by atoms with E-state index in [-0.39, 0.29) is 11.5 Å². The molecule has 0 atom stereocenters. The van der Waals surface area contributed by atoms with Gasteiger partial charge in [-0.1, -0.05) is 30.3 Å². The third-order valence-corrected chi connectivity index (χ3v) is 2.73. The van der Waals surface area contributed by atoms with Gasteiger partial charge in [0.05, 0.1) is 0 Å². The largest absolute Gasteiger partial charge is 0.364 e. The molecule has 4 nitrogen and oxygen atoms in total. The lowest BCUT2D eigenvalue weighted by Gasteiger charge is -2.07. The van der Waals surface area contributed by atoms with Crippen LogP contribution in [0.5, 0.6) is 0 Å². The number of primary amides is 1. The van der Waals surface area contributed by atoms with Crippen molar-refractivity contribution < 1.29 is 14.0 Å². The van der Waals surface area contributed by atoms with Gasteiger partial charge >= 0.3 is 0 Å². The molecule has 0 aliphatic carbocycles. The van der Waals surface area contributed by atoms with E-state index < -0.39 is 11.8 Å². The Kier molecular flexibility index (Phi) is 4.46. The Labute approximate surface area is 121 Å². The van der Waals surface area contributed by atoms with Crippen molar-refractivity contribution in [1.29, 1.82) is 0 Å². The van der Waals surface area contributed by atoms with Crippen LogP contribution < -0.4 is 11.1 Å². The predicted molar refractivity (Wildman–Crippen MR) is 77.5 cm³/mol. The highest BCUT2D eigenvalue weighted by atomic mass is 19.1. The van der Waals surface area contributed by atoms with Crippen LogP contribution in [0, 0.1) is 5.82 Å². The molecule has 0 aliphatic heterocycles. The van der Waals surface area contributed by atoms with Crippen molar-refractivity contribution in [2.45, 2.75) is 0 Å². The van der Waals surface area contributed by atoms with Gasteiger partial charge in [-0.15, -0.1) is 0 Å². The number of hydrogen-bond acceptors (Lipinski definition) is 2. The molecule has 106 valence electrons. The normalized spacial score (nSPS) is 11.0. The van der Waals surface area contributed by atoms with Crippen molar-refractivity contribution in [3.63, 3.8) is 0 Å². The molecule has 0 radical (unpaired) electrons. The minimum atomic E-state index is -0.774. The van der Waals surface area contributed by atoms with E-state index in [4.69, 9.17) is 5.73 Å². The number of nitrogens with one attached hydrogen (secondary N) is 1. The summed E-state index contributed by atoms with van der Waals surface area (Å²) in [6.07, 6.45) is 1.39. The van der Waals surface area contributed by atoms with Crippen LogP contribution in [0.3, 0.4) is 0 Å². The smallest absolute Gasteiger partial charge is 0.265 e.